The Balaban J connectivity index is 1.33. The van der Waals surface area contributed by atoms with Gasteiger partial charge >= 0.3 is 0 Å². The van der Waals surface area contributed by atoms with Crippen LogP contribution >= 0.6 is 11.6 Å². The molecule has 2 atom stereocenters. The number of hydrogen-bond donors (Lipinski definition) is 2. The summed E-state index contributed by atoms with van der Waals surface area (Å²) >= 11 is 6.73. The van der Waals surface area contributed by atoms with Crippen molar-refractivity contribution in [3.63, 3.8) is 0 Å². The smallest absolute Gasteiger partial charge is 0.184 e. The van der Waals surface area contributed by atoms with Crippen LogP contribution in [0.25, 0.3) is 0 Å². The molecule has 5 fully saturated rings. The molecular formula is C22H33ClN4O2. The first-order chi connectivity index (χ1) is 13.8. The number of piperidine rings is 1. The van der Waals surface area contributed by atoms with Gasteiger partial charge in [0.1, 0.15) is 16.5 Å². The SMILES string of the molecule is CN(c1c(Cl)c(C(=O)CC2C3CC4CC2CC(O)(C4)C3)nn1C)C1CCNCC1. The third-order valence-electron chi connectivity index (χ3n) is 8.27. The molecule has 7 heteroatoms. The molecule has 2 N–H and O–H groups in total. The number of hydrogen-bond acceptors (Lipinski definition) is 5. The molecule has 2 heterocycles. The first-order valence-electron chi connectivity index (χ1n) is 11.3. The Hall–Kier alpha value is -1.11. The normalized spacial score (nSPS) is 36.6. The quantitative estimate of drug-likeness (QED) is 0.716. The van der Waals surface area contributed by atoms with E-state index in [1.54, 1.807) is 4.68 Å². The van der Waals surface area contributed by atoms with Crippen LogP contribution in [-0.4, -0.2) is 52.5 Å². The van der Waals surface area contributed by atoms with Crippen LogP contribution in [0, 0.1) is 23.7 Å². The fourth-order valence-electron chi connectivity index (χ4n) is 7.15. The summed E-state index contributed by atoms with van der Waals surface area (Å²) in [7, 11) is 3.94. The Bertz CT molecular complexity index is 787. The van der Waals surface area contributed by atoms with Crippen molar-refractivity contribution in [3.8, 4) is 0 Å². The average molecular weight is 421 g/mol. The zero-order chi connectivity index (χ0) is 20.3. The van der Waals surface area contributed by atoms with Gasteiger partial charge in [0.25, 0.3) is 0 Å². The van der Waals surface area contributed by atoms with Gasteiger partial charge in [0.05, 0.1) is 5.60 Å². The highest BCUT2D eigenvalue weighted by molar-refractivity contribution is 6.36. The van der Waals surface area contributed by atoms with E-state index in [4.69, 9.17) is 11.6 Å². The summed E-state index contributed by atoms with van der Waals surface area (Å²) < 4.78 is 1.78. The van der Waals surface area contributed by atoms with Gasteiger partial charge in [-0.1, -0.05) is 11.6 Å². The molecule has 160 valence electrons. The van der Waals surface area contributed by atoms with Crippen LogP contribution in [0.4, 0.5) is 5.82 Å². The van der Waals surface area contributed by atoms with E-state index >= 15 is 0 Å². The second-order valence-electron chi connectivity index (χ2n) is 10.2. The lowest BCUT2D eigenvalue weighted by Gasteiger charge is -2.58. The lowest BCUT2D eigenvalue weighted by molar-refractivity contribution is -0.151. The van der Waals surface area contributed by atoms with Gasteiger partial charge in [-0.05, 0) is 81.7 Å². The predicted octanol–water partition coefficient (Wildman–Crippen LogP) is 3.02. The molecule has 4 aliphatic carbocycles. The number of carbonyl (C=O) groups is 1. The molecule has 0 amide bonds. The Morgan fingerprint density at radius 1 is 1.28 bits per heavy atom. The van der Waals surface area contributed by atoms with Crippen molar-refractivity contribution in [2.24, 2.45) is 30.7 Å². The average Bonchev–Trinajstić information content (AvgIpc) is 2.97. The number of aliphatic hydroxyl groups is 1. The molecule has 2 unspecified atom stereocenters. The summed E-state index contributed by atoms with van der Waals surface area (Å²) in [4.78, 5) is 15.5. The minimum absolute atomic E-state index is 0.0695. The predicted molar refractivity (Wildman–Crippen MR) is 113 cm³/mol. The Morgan fingerprint density at radius 2 is 1.93 bits per heavy atom. The largest absolute Gasteiger partial charge is 0.390 e. The van der Waals surface area contributed by atoms with Crippen molar-refractivity contribution < 1.29 is 9.90 Å². The highest BCUT2D eigenvalue weighted by Crippen LogP contribution is 2.59. The number of carbonyl (C=O) groups excluding carboxylic acids is 1. The fourth-order valence-corrected chi connectivity index (χ4v) is 7.55. The Kier molecular flexibility index (Phi) is 4.95. The first kappa shape index (κ1) is 19.8. The van der Waals surface area contributed by atoms with E-state index in [0.717, 1.165) is 51.0 Å². The Morgan fingerprint density at radius 3 is 2.55 bits per heavy atom. The first-order valence-corrected chi connectivity index (χ1v) is 11.6. The van der Waals surface area contributed by atoms with Crippen molar-refractivity contribution in [1.29, 1.82) is 0 Å². The van der Waals surface area contributed by atoms with E-state index in [1.165, 1.54) is 12.8 Å². The maximum absolute atomic E-state index is 13.3. The Labute approximate surface area is 178 Å². The molecule has 4 saturated carbocycles. The van der Waals surface area contributed by atoms with Crippen LogP contribution in [0.2, 0.25) is 5.02 Å². The minimum Gasteiger partial charge on any atom is -0.390 e. The minimum atomic E-state index is -0.455. The van der Waals surface area contributed by atoms with E-state index in [-0.39, 0.29) is 5.78 Å². The molecule has 29 heavy (non-hydrogen) atoms. The van der Waals surface area contributed by atoms with E-state index < -0.39 is 5.60 Å². The van der Waals surface area contributed by atoms with E-state index in [9.17, 15) is 9.90 Å². The summed E-state index contributed by atoms with van der Waals surface area (Å²) in [5.74, 6) is 2.92. The topological polar surface area (TPSA) is 70.4 Å². The number of nitrogens with one attached hydrogen (secondary N) is 1. The van der Waals surface area contributed by atoms with Crippen LogP contribution in [0.3, 0.4) is 0 Å². The maximum Gasteiger partial charge on any atom is 0.184 e. The summed E-state index contributed by atoms with van der Waals surface area (Å²) in [6.45, 7) is 2.02. The number of anilines is 1. The molecule has 6 nitrogen and oxygen atoms in total. The number of aryl methyl sites for hydroxylation is 1. The number of Topliss-reactive ketones (excluding diaryl/α,β-unsaturated/α-hetero) is 1. The van der Waals surface area contributed by atoms with Crippen molar-refractivity contribution in [2.75, 3.05) is 25.0 Å². The molecule has 1 aromatic heterocycles. The van der Waals surface area contributed by atoms with Gasteiger partial charge in [-0.15, -0.1) is 0 Å². The van der Waals surface area contributed by atoms with E-state index in [2.05, 4.69) is 22.4 Å². The standard InChI is InChI=1S/C22H33ClN4O2/c1-26(16-3-5-24-6-4-16)21-19(23)20(25-27(21)2)18(28)9-17-14-7-13-8-15(17)12-22(29,10-13)11-14/h13-17,24,29H,3-12H2,1-2H3. The molecule has 6 rings (SSSR count). The molecule has 0 spiro atoms. The number of nitrogens with zero attached hydrogens (tertiary/aromatic N) is 3. The molecule has 0 aromatic carbocycles. The molecule has 0 radical (unpaired) electrons. The van der Waals surface area contributed by atoms with Gasteiger partial charge in [-0.25, -0.2) is 0 Å². The second kappa shape index (κ2) is 7.24. The lowest BCUT2D eigenvalue weighted by Crippen LogP contribution is -2.54. The van der Waals surface area contributed by atoms with E-state index in [0.29, 0.717) is 46.9 Å². The van der Waals surface area contributed by atoms with Crippen molar-refractivity contribution in [2.45, 2.75) is 63.0 Å². The van der Waals surface area contributed by atoms with Crippen molar-refractivity contribution in [3.05, 3.63) is 10.7 Å². The summed E-state index contributed by atoms with van der Waals surface area (Å²) in [5.41, 5.74) is -0.0267. The highest BCUT2D eigenvalue weighted by Gasteiger charge is 2.54. The number of ketones is 1. The lowest BCUT2D eigenvalue weighted by atomic mass is 9.49. The van der Waals surface area contributed by atoms with Gasteiger partial charge in [-0.3, -0.25) is 9.48 Å². The van der Waals surface area contributed by atoms with Gasteiger partial charge in [0, 0.05) is 26.6 Å². The number of aromatic nitrogens is 2. The third-order valence-corrected chi connectivity index (χ3v) is 8.62. The zero-order valence-electron chi connectivity index (χ0n) is 17.5. The summed E-state index contributed by atoms with van der Waals surface area (Å²) in [6, 6.07) is 0.414. The van der Waals surface area contributed by atoms with E-state index in [1.807, 2.05) is 7.05 Å². The van der Waals surface area contributed by atoms with Gasteiger partial charge in [0.2, 0.25) is 0 Å². The summed E-state index contributed by atoms with van der Waals surface area (Å²) in [6.07, 6.45) is 7.72. The van der Waals surface area contributed by atoms with Gasteiger partial charge < -0.3 is 15.3 Å². The molecule has 1 saturated heterocycles. The van der Waals surface area contributed by atoms with Crippen LogP contribution in [0.1, 0.15) is 61.9 Å². The summed E-state index contributed by atoms with van der Waals surface area (Å²) in [5, 5.41) is 19.3. The van der Waals surface area contributed by atoms with Crippen molar-refractivity contribution in [1.82, 2.24) is 15.1 Å². The highest BCUT2D eigenvalue weighted by atomic mass is 35.5. The van der Waals surface area contributed by atoms with Crippen LogP contribution in [-0.2, 0) is 7.05 Å². The monoisotopic (exact) mass is 420 g/mol. The molecule has 1 aliphatic heterocycles. The molecule has 1 aromatic rings. The second-order valence-corrected chi connectivity index (χ2v) is 10.6. The van der Waals surface area contributed by atoms with Crippen LogP contribution < -0.4 is 10.2 Å². The maximum atomic E-state index is 13.3. The molecular weight excluding hydrogens is 388 g/mol. The molecule has 4 bridgehead atoms. The van der Waals surface area contributed by atoms with Crippen molar-refractivity contribution >= 4 is 23.2 Å². The van der Waals surface area contributed by atoms with Gasteiger partial charge in [0.15, 0.2) is 5.78 Å². The number of rotatable bonds is 5. The van der Waals surface area contributed by atoms with Gasteiger partial charge in [-0.2, -0.15) is 5.10 Å². The fraction of sp³-hybridized carbons (Fsp3) is 0.818. The number of halogens is 1. The zero-order valence-corrected chi connectivity index (χ0v) is 18.3. The third kappa shape index (κ3) is 3.41. The van der Waals surface area contributed by atoms with Crippen LogP contribution in [0.5, 0.6) is 0 Å². The van der Waals surface area contributed by atoms with Crippen LogP contribution in [0.15, 0.2) is 0 Å². The molecule has 5 aliphatic rings.